The van der Waals surface area contributed by atoms with Crippen LogP contribution in [0, 0.1) is 0 Å². The van der Waals surface area contributed by atoms with Gasteiger partial charge in [-0.25, -0.2) is 4.98 Å². The number of aromatic nitrogens is 3. The molecule has 2 aromatic rings. The van der Waals surface area contributed by atoms with Gasteiger partial charge in [0.05, 0.1) is 11.3 Å². The van der Waals surface area contributed by atoms with Crippen LogP contribution in [0.15, 0.2) is 29.3 Å². The normalized spacial score (nSPS) is 19.2. The molecule has 0 saturated carbocycles. The molecule has 0 radical (unpaired) electrons. The van der Waals surface area contributed by atoms with Crippen molar-refractivity contribution in [3.8, 4) is 0 Å². The van der Waals surface area contributed by atoms with E-state index < -0.39 is 10.2 Å². The van der Waals surface area contributed by atoms with Gasteiger partial charge in [0.15, 0.2) is 0 Å². The third-order valence-corrected chi connectivity index (χ3v) is 7.83. The number of fused-ring (bicyclic) bond motifs is 1. The van der Waals surface area contributed by atoms with Gasteiger partial charge in [0.2, 0.25) is 0 Å². The van der Waals surface area contributed by atoms with Gasteiger partial charge < -0.3 is 4.98 Å². The van der Waals surface area contributed by atoms with E-state index in [-0.39, 0.29) is 18.0 Å². The summed E-state index contributed by atoms with van der Waals surface area (Å²) >= 11 is 0. The van der Waals surface area contributed by atoms with Gasteiger partial charge in [-0.15, -0.1) is 0 Å². The Bertz CT molecular complexity index is 1050. The summed E-state index contributed by atoms with van der Waals surface area (Å²) in [6.45, 7) is 3.17. The van der Waals surface area contributed by atoms with Crippen molar-refractivity contribution in [2.75, 3.05) is 33.7 Å². The summed E-state index contributed by atoms with van der Waals surface area (Å²) in [5.41, 5.74) is 2.18. The lowest BCUT2D eigenvalue weighted by Gasteiger charge is -2.32. The van der Waals surface area contributed by atoms with E-state index in [2.05, 4.69) is 20.9 Å². The fourth-order valence-corrected chi connectivity index (χ4v) is 5.23. The Hall–Kier alpha value is -2.14. The van der Waals surface area contributed by atoms with Crippen LogP contribution in [-0.2, 0) is 29.7 Å². The maximum absolute atomic E-state index is 12.7. The molecule has 1 N–H and O–H groups in total. The Kier molecular flexibility index (Phi) is 6.01. The minimum atomic E-state index is -3.55. The highest BCUT2D eigenvalue weighted by Crippen LogP contribution is 2.27. The molecule has 4 heterocycles. The van der Waals surface area contributed by atoms with Gasteiger partial charge in [-0.3, -0.25) is 14.7 Å². The van der Waals surface area contributed by atoms with Crippen molar-refractivity contribution in [2.24, 2.45) is 0 Å². The number of rotatable bonds is 5. The highest BCUT2D eigenvalue weighted by Gasteiger charge is 2.32. The predicted molar refractivity (Wildman–Crippen MR) is 113 cm³/mol. The fraction of sp³-hybridized carbons (Fsp3) is 0.550. The molecule has 162 valence electrons. The number of hydrogen-bond acceptors (Lipinski definition) is 6. The quantitative estimate of drug-likeness (QED) is 0.747. The number of nitrogens with zero attached hydrogens (tertiary/aromatic N) is 5. The van der Waals surface area contributed by atoms with Gasteiger partial charge in [-0.05, 0) is 37.6 Å². The van der Waals surface area contributed by atoms with E-state index in [1.807, 2.05) is 12.3 Å². The standard InChI is InChI=1S/C20H28N6O3S/c1-24(2)30(28,29)26-11-7-18-17(14-26)20(27)23-19(22-18)16-5-9-25(10-6-16)13-15-4-3-8-21-12-15/h3-4,8,12,16H,5-7,9-11,13-14H2,1-2H3,(H,22,23,27). The molecule has 0 unspecified atom stereocenters. The van der Waals surface area contributed by atoms with Crippen molar-refractivity contribution in [1.29, 1.82) is 0 Å². The molecule has 2 aliphatic rings. The van der Waals surface area contributed by atoms with Crippen LogP contribution in [0.5, 0.6) is 0 Å². The Morgan fingerprint density at radius 2 is 2.00 bits per heavy atom. The van der Waals surface area contributed by atoms with E-state index in [1.54, 1.807) is 6.20 Å². The number of piperidine rings is 1. The number of nitrogens with one attached hydrogen (secondary N) is 1. The smallest absolute Gasteiger partial charge is 0.281 e. The second-order valence-corrected chi connectivity index (χ2v) is 10.3. The average molecular weight is 433 g/mol. The third-order valence-electron chi connectivity index (χ3n) is 5.94. The second-order valence-electron chi connectivity index (χ2n) is 8.16. The van der Waals surface area contributed by atoms with Gasteiger partial charge in [0.25, 0.3) is 15.8 Å². The molecule has 9 nitrogen and oxygen atoms in total. The van der Waals surface area contributed by atoms with Crippen LogP contribution in [0.1, 0.15) is 41.4 Å². The van der Waals surface area contributed by atoms with Crippen molar-refractivity contribution in [2.45, 2.75) is 38.3 Å². The molecule has 1 saturated heterocycles. The largest absolute Gasteiger partial charge is 0.310 e. The molecule has 2 aliphatic heterocycles. The summed E-state index contributed by atoms with van der Waals surface area (Å²) in [6, 6.07) is 4.04. The second kappa shape index (κ2) is 8.54. The summed E-state index contributed by atoms with van der Waals surface area (Å²) in [6.07, 6.45) is 6.00. The van der Waals surface area contributed by atoms with E-state index in [0.717, 1.165) is 44.0 Å². The van der Waals surface area contributed by atoms with Crippen LogP contribution in [-0.4, -0.2) is 70.6 Å². The number of hydrogen-bond donors (Lipinski definition) is 1. The first-order valence-corrected chi connectivity index (χ1v) is 11.6. The topological polar surface area (TPSA) is 102 Å². The monoisotopic (exact) mass is 432 g/mol. The number of pyridine rings is 1. The molecule has 1 fully saturated rings. The van der Waals surface area contributed by atoms with Crippen LogP contribution >= 0.6 is 0 Å². The molecular weight excluding hydrogens is 404 g/mol. The first kappa shape index (κ1) is 21.1. The van der Waals surface area contributed by atoms with Gasteiger partial charge in [-0.2, -0.15) is 17.0 Å². The van der Waals surface area contributed by atoms with Crippen molar-refractivity contribution in [1.82, 2.24) is 28.5 Å². The van der Waals surface area contributed by atoms with Crippen LogP contribution in [0.2, 0.25) is 0 Å². The lowest BCUT2D eigenvalue weighted by Crippen LogP contribution is -2.45. The van der Waals surface area contributed by atoms with Crippen LogP contribution < -0.4 is 5.56 Å². The highest BCUT2D eigenvalue weighted by molar-refractivity contribution is 7.86. The molecular formula is C20H28N6O3S. The molecule has 2 aromatic heterocycles. The first-order chi connectivity index (χ1) is 14.3. The Morgan fingerprint density at radius 1 is 1.23 bits per heavy atom. The summed E-state index contributed by atoms with van der Waals surface area (Å²) in [4.78, 5) is 27.0. The zero-order valence-electron chi connectivity index (χ0n) is 17.4. The van der Waals surface area contributed by atoms with Gasteiger partial charge >= 0.3 is 0 Å². The molecule has 0 atom stereocenters. The molecule has 4 rings (SSSR count). The van der Waals surface area contributed by atoms with E-state index in [9.17, 15) is 13.2 Å². The average Bonchev–Trinajstić information content (AvgIpc) is 2.74. The summed E-state index contributed by atoms with van der Waals surface area (Å²) in [7, 11) is -0.552. The van der Waals surface area contributed by atoms with Gasteiger partial charge in [0.1, 0.15) is 5.82 Å². The highest BCUT2D eigenvalue weighted by atomic mass is 32.2. The number of likely N-dealkylation sites (tertiary alicyclic amines) is 1. The lowest BCUT2D eigenvalue weighted by molar-refractivity contribution is 0.201. The van der Waals surface area contributed by atoms with Crippen molar-refractivity contribution in [3.05, 3.63) is 57.5 Å². The van der Waals surface area contributed by atoms with Crippen LogP contribution in [0.3, 0.4) is 0 Å². The number of H-pyrrole nitrogens is 1. The molecule has 30 heavy (non-hydrogen) atoms. The third kappa shape index (κ3) is 4.31. The zero-order valence-corrected chi connectivity index (χ0v) is 18.2. The SMILES string of the molecule is CN(C)S(=O)(=O)N1CCc2nc(C3CCN(Cc4cccnc4)CC3)[nH]c(=O)c2C1. The lowest BCUT2D eigenvalue weighted by atomic mass is 9.95. The Labute approximate surface area is 176 Å². The number of aromatic amines is 1. The molecule has 0 spiro atoms. The van der Waals surface area contributed by atoms with E-state index >= 15 is 0 Å². The fourth-order valence-electron chi connectivity index (χ4n) is 4.16. The Balaban J connectivity index is 1.44. The predicted octanol–water partition coefficient (Wildman–Crippen LogP) is 0.709. The van der Waals surface area contributed by atoms with Gasteiger partial charge in [-0.1, -0.05) is 6.07 Å². The summed E-state index contributed by atoms with van der Waals surface area (Å²) < 4.78 is 27.3. The minimum Gasteiger partial charge on any atom is -0.310 e. The van der Waals surface area contributed by atoms with Crippen LogP contribution in [0.25, 0.3) is 0 Å². The maximum Gasteiger partial charge on any atom is 0.281 e. The minimum absolute atomic E-state index is 0.0714. The summed E-state index contributed by atoms with van der Waals surface area (Å²) in [5, 5.41) is 0. The van der Waals surface area contributed by atoms with E-state index in [0.29, 0.717) is 18.5 Å². The van der Waals surface area contributed by atoms with E-state index in [4.69, 9.17) is 4.98 Å². The van der Waals surface area contributed by atoms with Crippen molar-refractivity contribution >= 4 is 10.2 Å². The van der Waals surface area contributed by atoms with Crippen LogP contribution in [0.4, 0.5) is 0 Å². The molecule has 0 amide bonds. The Morgan fingerprint density at radius 3 is 2.67 bits per heavy atom. The van der Waals surface area contributed by atoms with E-state index in [1.165, 1.54) is 28.3 Å². The molecule has 0 aliphatic carbocycles. The van der Waals surface area contributed by atoms with Crippen molar-refractivity contribution in [3.63, 3.8) is 0 Å². The molecule has 0 bridgehead atoms. The summed E-state index contributed by atoms with van der Waals surface area (Å²) in [5.74, 6) is 0.959. The molecule has 0 aromatic carbocycles. The van der Waals surface area contributed by atoms with Gasteiger partial charge in [0, 0.05) is 58.5 Å². The zero-order chi connectivity index (χ0) is 21.3. The van der Waals surface area contributed by atoms with Crippen molar-refractivity contribution < 1.29 is 8.42 Å². The maximum atomic E-state index is 12.7. The molecule has 10 heteroatoms. The first-order valence-electron chi connectivity index (χ1n) is 10.3.